The zero-order valence-electron chi connectivity index (χ0n) is 10.2. The molecular formula is C13H18O2S2. The molecular weight excluding hydrogens is 252 g/mol. The van der Waals surface area contributed by atoms with E-state index in [1.165, 1.54) is 0 Å². The van der Waals surface area contributed by atoms with E-state index in [9.17, 15) is 8.42 Å². The molecule has 0 radical (unpaired) electrons. The van der Waals surface area contributed by atoms with Gasteiger partial charge in [-0.25, -0.2) is 8.42 Å². The molecule has 0 saturated carbocycles. The number of hydrogen-bond donors (Lipinski definition) is 0. The summed E-state index contributed by atoms with van der Waals surface area (Å²) in [5.74, 6) is 0. The van der Waals surface area contributed by atoms with Crippen LogP contribution in [0.25, 0.3) is 0 Å². The summed E-state index contributed by atoms with van der Waals surface area (Å²) < 4.78 is 24.9. The van der Waals surface area contributed by atoms with Crippen molar-refractivity contribution in [1.82, 2.24) is 0 Å². The van der Waals surface area contributed by atoms with E-state index in [4.69, 9.17) is 0 Å². The largest absolute Gasteiger partial charge is 0.223 e. The standard InChI is InChI=1S/C13H18O2S2/c1-10-8-13(9-11(2)16-10)17(14,15)12-6-4-3-5-7-12/h3-7,10-11,13H,8-9H2,1-2H3/t10-,11-/m1/s1. The Labute approximate surface area is 108 Å². The van der Waals surface area contributed by atoms with Crippen molar-refractivity contribution in [3.63, 3.8) is 0 Å². The first-order valence-electron chi connectivity index (χ1n) is 5.94. The number of hydrogen-bond acceptors (Lipinski definition) is 3. The van der Waals surface area contributed by atoms with E-state index in [0.29, 0.717) is 15.4 Å². The lowest BCUT2D eigenvalue weighted by molar-refractivity contribution is 0.551. The van der Waals surface area contributed by atoms with Crippen molar-refractivity contribution in [2.75, 3.05) is 0 Å². The van der Waals surface area contributed by atoms with E-state index in [-0.39, 0.29) is 5.25 Å². The van der Waals surface area contributed by atoms with Crippen LogP contribution in [0.1, 0.15) is 26.7 Å². The van der Waals surface area contributed by atoms with Gasteiger partial charge in [-0.3, -0.25) is 0 Å². The normalized spacial score (nSPS) is 30.1. The van der Waals surface area contributed by atoms with Crippen molar-refractivity contribution in [2.24, 2.45) is 0 Å². The van der Waals surface area contributed by atoms with Gasteiger partial charge >= 0.3 is 0 Å². The molecule has 0 N–H and O–H groups in total. The fraction of sp³-hybridized carbons (Fsp3) is 0.538. The topological polar surface area (TPSA) is 34.1 Å². The third-order valence-electron chi connectivity index (χ3n) is 3.16. The monoisotopic (exact) mass is 270 g/mol. The number of sulfone groups is 1. The highest BCUT2D eigenvalue weighted by molar-refractivity contribution is 8.00. The highest BCUT2D eigenvalue weighted by atomic mass is 32.2. The van der Waals surface area contributed by atoms with Crippen LogP contribution >= 0.6 is 11.8 Å². The van der Waals surface area contributed by atoms with Crippen molar-refractivity contribution in [3.05, 3.63) is 30.3 Å². The Morgan fingerprint density at radius 2 is 1.59 bits per heavy atom. The third-order valence-corrected chi connectivity index (χ3v) is 6.67. The highest BCUT2D eigenvalue weighted by Crippen LogP contribution is 2.36. The number of rotatable bonds is 2. The summed E-state index contributed by atoms with van der Waals surface area (Å²) in [4.78, 5) is 0.469. The maximum atomic E-state index is 12.5. The minimum Gasteiger partial charge on any atom is -0.223 e. The van der Waals surface area contributed by atoms with Gasteiger partial charge in [0.25, 0.3) is 0 Å². The van der Waals surface area contributed by atoms with Gasteiger partial charge < -0.3 is 0 Å². The molecule has 1 aliphatic rings. The zero-order valence-corrected chi connectivity index (χ0v) is 11.8. The van der Waals surface area contributed by atoms with Gasteiger partial charge in [-0.15, -0.1) is 0 Å². The summed E-state index contributed by atoms with van der Waals surface area (Å²) >= 11 is 1.89. The van der Waals surface area contributed by atoms with Gasteiger partial charge in [-0.05, 0) is 25.0 Å². The van der Waals surface area contributed by atoms with E-state index in [1.807, 2.05) is 17.8 Å². The molecule has 1 fully saturated rings. The van der Waals surface area contributed by atoms with Crippen LogP contribution in [0.5, 0.6) is 0 Å². The van der Waals surface area contributed by atoms with Gasteiger partial charge in [0.1, 0.15) is 0 Å². The summed E-state index contributed by atoms with van der Waals surface area (Å²) in [5.41, 5.74) is 0. The lowest BCUT2D eigenvalue weighted by Crippen LogP contribution is -2.32. The minimum atomic E-state index is -3.14. The Morgan fingerprint density at radius 3 is 2.12 bits per heavy atom. The molecule has 2 rings (SSSR count). The van der Waals surface area contributed by atoms with E-state index >= 15 is 0 Å². The van der Waals surface area contributed by atoms with Gasteiger partial charge in [-0.2, -0.15) is 11.8 Å². The van der Waals surface area contributed by atoms with E-state index < -0.39 is 9.84 Å². The molecule has 2 nitrogen and oxygen atoms in total. The van der Waals surface area contributed by atoms with Crippen LogP contribution < -0.4 is 0 Å². The first-order valence-corrected chi connectivity index (χ1v) is 8.43. The van der Waals surface area contributed by atoms with Crippen LogP contribution in [0.15, 0.2) is 35.2 Å². The molecule has 1 aromatic carbocycles. The number of benzene rings is 1. The van der Waals surface area contributed by atoms with Crippen molar-refractivity contribution >= 4 is 21.6 Å². The Kier molecular flexibility index (Phi) is 3.83. The van der Waals surface area contributed by atoms with Crippen molar-refractivity contribution < 1.29 is 8.42 Å². The van der Waals surface area contributed by atoms with Crippen molar-refractivity contribution in [1.29, 1.82) is 0 Å². The SMILES string of the molecule is C[C@@H]1CC(S(=O)(=O)c2ccccc2)C[C@@H](C)S1. The van der Waals surface area contributed by atoms with Crippen LogP contribution in [-0.4, -0.2) is 24.2 Å². The molecule has 17 heavy (non-hydrogen) atoms. The van der Waals surface area contributed by atoms with Crippen molar-refractivity contribution in [2.45, 2.75) is 47.3 Å². The fourth-order valence-electron chi connectivity index (χ4n) is 2.40. The average Bonchev–Trinajstić information content (AvgIpc) is 2.29. The summed E-state index contributed by atoms with van der Waals surface area (Å²) in [5, 5.41) is 0.653. The molecule has 1 aliphatic heterocycles. The van der Waals surface area contributed by atoms with Gasteiger partial charge in [0.15, 0.2) is 9.84 Å². The molecule has 4 heteroatoms. The lowest BCUT2D eigenvalue weighted by Gasteiger charge is -2.30. The quantitative estimate of drug-likeness (QED) is 0.828. The van der Waals surface area contributed by atoms with Crippen LogP contribution in [0, 0.1) is 0 Å². The van der Waals surface area contributed by atoms with Crippen LogP contribution in [0.4, 0.5) is 0 Å². The Hall–Kier alpha value is -0.480. The second kappa shape index (κ2) is 5.02. The molecule has 94 valence electrons. The summed E-state index contributed by atoms with van der Waals surface area (Å²) in [6.07, 6.45) is 1.54. The van der Waals surface area contributed by atoms with Gasteiger partial charge in [0.05, 0.1) is 10.1 Å². The molecule has 0 spiro atoms. The molecule has 1 aromatic rings. The maximum Gasteiger partial charge on any atom is 0.181 e. The summed E-state index contributed by atoms with van der Waals surface area (Å²) in [7, 11) is -3.14. The third kappa shape index (κ3) is 2.86. The van der Waals surface area contributed by atoms with Gasteiger partial charge in [0, 0.05) is 10.5 Å². The average molecular weight is 270 g/mol. The Morgan fingerprint density at radius 1 is 1.06 bits per heavy atom. The second-order valence-corrected chi connectivity index (χ2v) is 8.82. The van der Waals surface area contributed by atoms with E-state index in [2.05, 4.69) is 13.8 Å². The lowest BCUT2D eigenvalue weighted by atomic mass is 10.1. The van der Waals surface area contributed by atoms with Crippen LogP contribution in [0.2, 0.25) is 0 Å². The van der Waals surface area contributed by atoms with Gasteiger partial charge in [0.2, 0.25) is 0 Å². The zero-order chi connectivity index (χ0) is 12.5. The maximum absolute atomic E-state index is 12.5. The first-order chi connectivity index (χ1) is 8.00. The second-order valence-electron chi connectivity index (χ2n) is 4.71. The molecule has 1 saturated heterocycles. The Bertz CT molecular complexity index is 457. The predicted octanol–water partition coefficient (Wildman–Crippen LogP) is 3.13. The fourth-order valence-corrected chi connectivity index (χ4v) is 6.13. The Balaban J connectivity index is 2.27. The molecule has 0 bridgehead atoms. The molecule has 2 atom stereocenters. The predicted molar refractivity (Wildman–Crippen MR) is 73.2 cm³/mol. The molecule has 0 unspecified atom stereocenters. The van der Waals surface area contributed by atoms with Crippen molar-refractivity contribution in [3.8, 4) is 0 Å². The minimum absolute atomic E-state index is 0.212. The molecule has 0 aliphatic carbocycles. The number of thioether (sulfide) groups is 1. The van der Waals surface area contributed by atoms with E-state index in [1.54, 1.807) is 24.3 Å². The van der Waals surface area contributed by atoms with Gasteiger partial charge in [-0.1, -0.05) is 32.0 Å². The first kappa shape index (κ1) is 13.0. The summed E-state index contributed by atoms with van der Waals surface area (Å²) in [6.45, 7) is 4.24. The molecule has 0 aromatic heterocycles. The molecule has 1 heterocycles. The molecule has 0 amide bonds. The van der Waals surface area contributed by atoms with Crippen LogP contribution in [-0.2, 0) is 9.84 Å². The highest BCUT2D eigenvalue weighted by Gasteiger charge is 2.34. The smallest absolute Gasteiger partial charge is 0.181 e. The van der Waals surface area contributed by atoms with E-state index in [0.717, 1.165) is 12.8 Å². The summed E-state index contributed by atoms with van der Waals surface area (Å²) in [6, 6.07) is 8.83. The van der Waals surface area contributed by atoms with Crippen LogP contribution in [0.3, 0.4) is 0 Å².